The average molecular weight is 812 g/mol. The highest BCUT2D eigenvalue weighted by Crippen LogP contribution is 2.37. The number of aliphatic hydroxyl groups excluding tert-OH is 1. The Labute approximate surface area is 342 Å². The maximum Gasteiger partial charge on any atom is 0.412 e. The van der Waals surface area contributed by atoms with Crippen LogP contribution in [0, 0.1) is 0 Å². The van der Waals surface area contributed by atoms with Gasteiger partial charge in [-0.05, 0) is 79.5 Å². The number of methoxy groups -OCH3 is 1. The van der Waals surface area contributed by atoms with Gasteiger partial charge in [0.15, 0.2) is 6.61 Å². The van der Waals surface area contributed by atoms with Gasteiger partial charge in [-0.1, -0.05) is 60.1 Å². The summed E-state index contributed by atoms with van der Waals surface area (Å²) in [7, 11) is 3.22. The van der Waals surface area contributed by atoms with E-state index in [9.17, 15) is 29.7 Å². The Kier molecular flexibility index (Phi) is 13.9. The normalized spacial score (nSPS) is 15.8. The zero-order valence-corrected chi connectivity index (χ0v) is 33.4. The van der Waals surface area contributed by atoms with Crippen molar-refractivity contribution in [3.63, 3.8) is 0 Å². The van der Waals surface area contributed by atoms with Crippen molar-refractivity contribution < 1.29 is 34.4 Å². The Bertz CT molecular complexity index is 2280. The molecule has 1 saturated carbocycles. The number of likely N-dealkylation sites (N-methyl/N-ethyl adjacent to an activating group) is 1. The van der Waals surface area contributed by atoms with Gasteiger partial charge in [0.1, 0.15) is 17.2 Å². The lowest BCUT2D eigenvalue weighted by molar-refractivity contribution is -0.132. The second-order valence-electron chi connectivity index (χ2n) is 14.7. The number of anilines is 1. The Balaban J connectivity index is 1.03. The van der Waals surface area contributed by atoms with Crippen molar-refractivity contribution in [2.75, 3.05) is 38.8 Å². The molecular weight excluding hydrogens is 762 g/mol. The molecule has 1 aromatic heterocycles. The number of aromatic hydroxyl groups is 1. The first-order valence-electron chi connectivity index (χ1n) is 19.4. The van der Waals surface area contributed by atoms with E-state index in [1.165, 1.54) is 24.1 Å². The third kappa shape index (κ3) is 10.1. The summed E-state index contributed by atoms with van der Waals surface area (Å²) in [5.74, 6) is 0.423. The van der Waals surface area contributed by atoms with Gasteiger partial charge in [-0.3, -0.25) is 14.5 Å². The Morgan fingerprint density at radius 1 is 1.00 bits per heavy atom. The first-order chi connectivity index (χ1) is 27.9. The smallest absolute Gasteiger partial charge is 0.412 e. The number of halogens is 1. The first kappa shape index (κ1) is 42.0. The second kappa shape index (κ2) is 19.2. The lowest BCUT2D eigenvalue weighted by Crippen LogP contribution is -2.44. The largest absolute Gasteiger partial charge is 0.506 e. The number of ether oxygens (including phenoxy) is 2. The van der Waals surface area contributed by atoms with E-state index in [4.69, 9.17) is 26.8 Å². The number of nitrogens with one attached hydrogen (secondary N) is 2. The molecule has 14 heteroatoms. The molecule has 1 aliphatic rings. The molecule has 1 heterocycles. The number of phenols is 1. The number of aromatic nitrogens is 1. The van der Waals surface area contributed by atoms with Crippen LogP contribution in [0.5, 0.6) is 17.2 Å². The minimum atomic E-state index is -0.985. The molecule has 1 atom stereocenters. The third-order valence-corrected chi connectivity index (χ3v) is 11.0. The van der Waals surface area contributed by atoms with Crippen molar-refractivity contribution in [1.29, 1.82) is 0 Å². The van der Waals surface area contributed by atoms with Gasteiger partial charge < -0.3 is 45.7 Å². The minimum absolute atomic E-state index is 0.0879. The number of carbonyl (C=O) groups is 2. The zero-order chi connectivity index (χ0) is 41.3. The van der Waals surface area contributed by atoms with Crippen LogP contribution in [0.3, 0.4) is 0 Å². The van der Waals surface area contributed by atoms with Gasteiger partial charge in [-0.25, -0.2) is 4.79 Å². The van der Waals surface area contributed by atoms with Crippen molar-refractivity contribution in [1.82, 2.24) is 15.2 Å². The highest BCUT2D eigenvalue weighted by Gasteiger charge is 2.31. The van der Waals surface area contributed by atoms with Crippen LogP contribution in [0.25, 0.3) is 22.0 Å². The lowest BCUT2D eigenvalue weighted by atomic mass is 9.89. The molecule has 1 fully saturated rings. The van der Waals surface area contributed by atoms with Gasteiger partial charge >= 0.3 is 6.09 Å². The number of nitrogens with zero attached hydrogens (tertiary/aromatic N) is 2. The third-order valence-electron chi connectivity index (χ3n) is 10.7. The zero-order valence-electron chi connectivity index (χ0n) is 32.6. The van der Waals surface area contributed by atoms with Crippen molar-refractivity contribution in [3.8, 4) is 28.4 Å². The quantitative estimate of drug-likeness (QED) is 0.0633. The molecule has 0 unspecified atom stereocenters. The van der Waals surface area contributed by atoms with E-state index < -0.39 is 12.2 Å². The molecule has 0 bridgehead atoms. The predicted octanol–water partition coefficient (Wildman–Crippen LogP) is 6.61. The first-order valence-corrected chi connectivity index (χ1v) is 19.7. The van der Waals surface area contributed by atoms with Gasteiger partial charge in [-0.15, -0.1) is 0 Å². The van der Waals surface area contributed by atoms with Crippen molar-refractivity contribution in [2.45, 2.75) is 63.3 Å². The van der Waals surface area contributed by atoms with E-state index in [1.54, 1.807) is 36.2 Å². The molecule has 5 aromatic rings. The predicted molar refractivity (Wildman–Crippen MR) is 225 cm³/mol. The van der Waals surface area contributed by atoms with Gasteiger partial charge in [0.2, 0.25) is 5.56 Å². The van der Waals surface area contributed by atoms with Crippen LogP contribution in [0.15, 0.2) is 89.7 Å². The fourth-order valence-corrected chi connectivity index (χ4v) is 7.76. The fraction of sp³-hybridized carbons (Fsp3) is 0.341. The topological polar surface area (TPSA) is 191 Å². The summed E-state index contributed by atoms with van der Waals surface area (Å²) >= 11 is 6.58. The van der Waals surface area contributed by atoms with Gasteiger partial charge in [0.05, 0.1) is 29.4 Å². The summed E-state index contributed by atoms with van der Waals surface area (Å²) in [4.78, 5) is 43.4. The second-order valence-corrected chi connectivity index (χ2v) is 15.1. The molecule has 6 rings (SSSR count). The SMILES string of the molecule is COc1cc(OCC(=O)N(C)CCCc2ccc(-c3ccccc3)c(N(C(=O)O)C3CCC(N)CC3)c2)c(Cl)cc1CNC[C@H](O)c1ccc(O)c2[nH]c(=O)ccc12. The number of benzene rings is 4. The summed E-state index contributed by atoms with van der Waals surface area (Å²) in [6.07, 6.45) is 2.31. The monoisotopic (exact) mass is 811 g/mol. The molecule has 0 saturated heterocycles. The number of carboxylic acid groups (broad SMARTS) is 1. The van der Waals surface area contributed by atoms with Crippen LogP contribution in [0.4, 0.5) is 10.5 Å². The highest BCUT2D eigenvalue weighted by molar-refractivity contribution is 6.32. The van der Waals surface area contributed by atoms with Crippen molar-refractivity contribution in [3.05, 3.63) is 117 Å². The number of fused-ring (bicyclic) bond motifs is 1. The van der Waals surface area contributed by atoms with Gasteiger partial charge in [0.25, 0.3) is 5.91 Å². The highest BCUT2D eigenvalue weighted by atomic mass is 35.5. The summed E-state index contributed by atoms with van der Waals surface area (Å²) in [5.41, 5.74) is 10.7. The fourth-order valence-electron chi connectivity index (χ4n) is 7.52. The van der Waals surface area contributed by atoms with E-state index in [0.29, 0.717) is 60.2 Å². The molecule has 2 amide bonds. The molecule has 4 aromatic carbocycles. The standard InChI is InChI=1S/C44H50ClN5O8/c1-49(20-6-7-27-10-15-32(28-8-4-3-5-9-28)36(21-27)50(44(55)56)31-13-11-30(46)12-14-31)42(54)26-58-40-23-39(57-2)29(22-35(40)45)24-47-25-38(52)33-16-18-37(51)43-34(33)17-19-41(53)48-43/h3-5,8-10,15-19,21-23,30-31,38,47,51-52H,6-7,11-14,20,24-26,46H2,1-2H3,(H,48,53)(H,55,56)/t30?,31?,38-/m0/s1. The average Bonchev–Trinajstić information content (AvgIpc) is 3.21. The Hall–Kier alpha value is -5.60. The number of amides is 2. The number of phenolic OH excluding ortho intramolecular Hbond substituents is 1. The van der Waals surface area contributed by atoms with E-state index >= 15 is 0 Å². The Morgan fingerprint density at radius 3 is 2.48 bits per heavy atom. The number of pyridine rings is 1. The summed E-state index contributed by atoms with van der Waals surface area (Å²) in [6.45, 7) is 0.640. The van der Waals surface area contributed by atoms with Gasteiger partial charge in [-0.2, -0.15) is 0 Å². The molecule has 0 radical (unpaired) electrons. The number of nitrogens with two attached hydrogens (primary N) is 1. The molecule has 13 nitrogen and oxygen atoms in total. The lowest BCUT2D eigenvalue weighted by Gasteiger charge is -2.35. The molecule has 306 valence electrons. The maximum atomic E-state index is 13.1. The number of carbonyl (C=O) groups excluding carboxylic acids is 1. The molecule has 1 aliphatic carbocycles. The number of hydrogen-bond acceptors (Lipinski definition) is 9. The van der Waals surface area contributed by atoms with Crippen molar-refractivity contribution >= 4 is 40.2 Å². The van der Waals surface area contributed by atoms with E-state index in [-0.39, 0.29) is 65.3 Å². The molecular formula is C44H50ClN5O8. The summed E-state index contributed by atoms with van der Waals surface area (Å²) in [6, 6.07) is 24.9. The number of hydrogen-bond donors (Lipinski definition) is 6. The van der Waals surface area contributed by atoms with Crippen molar-refractivity contribution in [2.24, 2.45) is 5.73 Å². The number of aryl methyl sites for hydroxylation is 1. The van der Waals surface area contributed by atoms with Crippen LogP contribution >= 0.6 is 11.6 Å². The van der Waals surface area contributed by atoms with E-state index in [0.717, 1.165) is 29.5 Å². The number of aromatic amines is 1. The minimum Gasteiger partial charge on any atom is -0.506 e. The van der Waals surface area contributed by atoms with Crippen LogP contribution in [-0.2, 0) is 17.8 Å². The Morgan fingerprint density at radius 2 is 1.76 bits per heavy atom. The number of rotatable bonds is 16. The van der Waals surface area contributed by atoms with E-state index in [1.807, 2.05) is 48.5 Å². The number of H-pyrrole nitrogens is 1. The molecule has 7 N–H and O–H groups in total. The van der Waals surface area contributed by atoms with Crippen LogP contribution in [-0.4, -0.2) is 83.1 Å². The van der Waals surface area contributed by atoms with Crippen LogP contribution in [0.1, 0.15) is 54.9 Å². The molecule has 0 aliphatic heterocycles. The molecule has 0 spiro atoms. The van der Waals surface area contributed by atoms with Crippen LogP contribution in [0.2, 0.25) is 5.02 Å². The molecule has 58 heavy (non-hydrogen) atoms. The van der Waals surface area contributed by atoms with E-state index in [2.05, 4.69) is 10.3 Å². The van der Waals surface area contributed by atoms with Gasteiger partial charge in [0, 0.05) is 67.4 Å². The van der Waals surface area contributed by atoms with Crippen LogP contribution < -0.4 is 31.0 Å². The summed E-state index contributed by atoms with van der Waals surface area (Å²) < 4.78 is 11.4. The summed E-state index contributed by atoms with van der Waals surface area (Å²) in [5, 5.41) is 35.5. The number of aliphatic hydroxyl groups is 1. The maximum absolute atomic E-state index is 13.1.